The number of halogens is 1. The van der Waals surface area contributed by atoms with Gasteiger partial charge in [-0.05, 0) is 12.8 Å². The smallest absolute Gasteiger partial charge is 0.234 e. The van der Waals surface area contributed by atoms with Crippen molar-refractivity contribution in [3.05, 3.63) is 0 Å². The highest BCUT2D eigenvalue weighted by atomic mass is 79.9. The molecule has 0 aromatic rings. The minimum Gasteiger partial charge on any atom is -0.352 e. The van der Waals surface area contributed by atoms with Crippen molar-refractivity contribution in [2.75, 3.05) is 12.0 Å². The molecule has 0 aromatic heterocycles. The fourth-order valence-electron chi connectivity index (χ4n) is 1.02. The average Bonchev–Trinajstić information content (AvgIpc) is 2.00. The molecule has 3 atom stereocenters. The lowest BCUT2D eigenvalue weighted by atomic mass is 10.1. The van der Waals surface area contributed by atoms with Crippen LogP contribution in [0.3, 0.4) is 0 Å². The molecule has 0 rings (SSSR count). The molecule has 5 heteroatoms. The van der Waals surface area contributed by atoms with Gasteiger partial charge in [0.1, 0.15) is 0 Å². The Morgan fingerprint density at radius 2 is 1.93 bits per heavy atom. The number of hydrogen-bond acceptors (Lipinski definition) is 2. The van der Waals surface area contributed by atoms with Crippen molar-refractivity contribution in [2.24, 2.45) is 5.92 Å². The molecule has 0 fully saturated rings. The molecular formula is C9H18BrNO2S. The van der Waals surface area contributed by atoms with Gasteiger partial charge in [-0.25, -0.2) is 0 Å². The second-order valence-corrected chi connectivity index (χ2v) is 6.26. The van der Waals surface area contributed by atoms with Crippen LogP contribution in [0.2, 0.25) is 0 Å². The molecule has 0 saturated carbocycles. The highest BCUT2D eigenvalue weighted by Gasteiger charge is 2.20. The van der Waals surface area contributed by atoms with Gasteiger partial charge >= 0.3 is 0 Å². The third-order valence-corrected chi connectivity index (χ3v) is 4.15. The Balaban J connectivity index is 3.99. The van der Waals surface area contributed by atoms with E-state index < -0.39 is 10.8 Å². The molecule has 0 aliphatic carbocycles. The molecule has 0 heterocycles. The Bertz CT molecular complexity index is 221. The molecule has 0 saturated heterocycles. The molecule has 0 aliphatic rings. The Labute approximate surface area is 96.6 Å². The molecule has 3 unspecified atom stereocenters. The number of nitrogens with one attached hydrogen (secondary N) is 1. The summed E-state index contributed by atoms with van der Waals surface area (Å²) in [6, 6.07) is -0.0351. The fraction of sp³-hybridized carbons (Fsp3) is 0.889. The van der Waals surface area contributed by atoms with E-state index in [9.17, 15) is 9.00 Å². The van der Waals surface area contributed by atoms with Gasteiger partial charge < -0.3 is 5.32 Å². The predicted molar refractivity (Wildman–Crippen MR) is 64.1 cm³/mol. The van der Waals surface area contributed by atoms with Crippen molar-refractivity contribution in [1.29, 1.82) is 0 Å². The molecule has 3 nitrogen and oxygen atoms in total. The summed E-state index contributed by atoms with van der Waals surface area (Å²) >= 11 is 3.31. The molecular weight excluding hydrogens is 266 g/mol. The first-order chi connectivity index (χ1) is 6.34. The average molecular weight is 284 g/mol. The van der Waals surface area contributed by atoms with Gasteiger partial charge in [0.05, 0.1) is 4.83 Å². The van der Waals surface area contributed by atoms with E-state index >= 15 is 0 Å². The Hall–Kier alpha value is 0.1000. The lowest BCUT2D eigenvalue weighted by molar-refractivity contribution is -0.121. The standard InChI is InChI=1S/C9H18BrNO2S/c1-6(2)8(10)9(12)11-7(3)5-14(4)13/h6-8H,5H2,1-4H3,(H,11,12). The van der Waals surface area contributed by atoms with E-state index in [0.29, 0.717) is 5.75 Å². The third-order valence-electron chi connectivity index (χ3n) is 1.71. The maximum atomic E-state index is 11.5. The summed E-state index contributed by atoms with van der Waals surface area (Å²) in [7, 11) is -0.866. The van der Waals surface area contributed by atoms with E-state index in [1.807, 2.05) is 20.8 Å². The highest BCUT2D eigenvalue weighted by molar-refractivity contribution is 9.10. The fourth-order valence-corrected chi connectivity index (χ4v) is 1.94. The molecule has 1 N–H and O–H groups in total. The van der Waals surface area contributed by atoms with Gasteiger partial charge in [0, 0.05) is 28.9 Å². The van der Waals surface area contributed by atoms with Crippen LogP contribution in [0.1, 0.15) is 20.8 Å². The zero-order valence-corrected chi connectivity index (χ0v) is 11.4. The second-order valence-electron chi connectivity index (χ2n) is 3.80. The van der Waals surface area contributed by atoms with Gasteiger partial charge in [0.15, 0.2) is 0 Å². The Morgan fingerprint density at radius 1 is 1.43 bits per heavy atom. The number of carbonyl (C=O) groups is 1. The Morgan fingerprint density at radius 3 is 2.29 bits per heavy atom. The first-order valence-corrected chi connectivity index (χ1v) is 7.23. The van der Waals surface area contributed by atoms with Crippen LogP contribution in [0.15, 0.2) is 0 Å². The van der Waals surface area contributed by atoms with E-state index in [1.54, 1.807) is 6.26 Å². The van der Waals surface area contributed by atoms with Gasteiger partial charge in [0.2, 0.25) is 5.91 Å². The lowest BCUT2D eigenvalue weighted by Gasteiger charge is -2.17. The second kappa shape index (κ2) is 6.56. The normalized spacial score (nSPS) is 17.6. The van der Waals surface area contributed by atoms with Gasteiger partial charge in [-0.3, -0.25) is 9.00 Å². The summed E-state index contributed by atoms with van der Waals surface area (Å²) in [6.45, 7) is 5.81. The summed E-state index contributed by atoms with van der Waals surface area (Å²) in [6.07, 6.45) is 1.64. The van der Waals surface area contributed by atoms with E-state index in [2.05, 4.69) is 21.2 Å². The first-order valence-electron chi connectivity index (χ1n) is 4.59. The van der Waals surface area contributed by atoms with Crippen molar-refractivity contribution in [1.82, 2.24) is 5.32 Å². The zero-order valence-electron chi connectivity index (χ0n) is 9.04. The van der Waals surface area contributed by atoms with Crippen molar-refractivity contribution in [2.45, 2.75) is 31.6 Å². The summed E-state index contributed by atoms with van der Waals surface area (Å²) in [5, 5.41) is 2.81. The van der Waals surface area contributed by atoms with Crippen LogP contribution in [0, 0.1) is 5.92 Å². The lowest BCUT2D eigenvalue weighted by Crippen LogP contribution is -2.41. The van der Waals surface area contributed by atoms with E-state index in [0.717, 1.165) is 0 Å². The van der Waals surface area contributed by atoms with E-state index in [1.165, 1.54) is 0 Å². The molecule has 14 heavy (non-hydrogen) atoms. The van der Waals surface area contributed by atoms with E-state index in [4.69, 9.17) is 0 Å². The molecule has 84 valence electrons. The molecule has 0 bridgehead atoms. The molecule has 0 aromatic carbocycles. The van der Waals surface area contributed by atoms with Gasteiger partial charge in [0.25, 0.3) is 0 Å². The molecule has 0 aliphatic heterocycles. The first kappa shape index (κ1) is 14.1. The number of amides is 1. The predicted octanol–water partition coefficient (Wildman–Crippen LogP) is 1.29. The third kappa shape index (κ3) is 5.75. The monoisotopic (exact) mass is 283 g/mol. The zero-order chi connectivity index (χ0) is 11.3. The topological polar surface area (TPSA) is 46.2 Å². The summed E-state index contributed by atoms with van der Waals surface area (Å²) < 4.78 is 10.9. The van der Waals surface area contributed by atoms with Crippen molar-refractivity contribution < 1.29 is 9.00 Å². The van der Waals surface area contributed by atoms with Crippen LogP contribution in [0.5, 0.6) is 0 Å². The minimum atomic E-state index is -0.866. The van der Waals surface area contributed by atoms with Crippen molar-refractivity contribution >= 4 is 32.6 Å². The summed E-state index contributed by atoms with van der Waals surface area (Å²) in [4.78, 5) is 11.3. The number of alkyl halides is 1. The Kier molecular flexibility index (Phi) is 6.61. The number of rotatable bonds is 5. The molecule has 0 spiro atoms. The largest absolute Gasteiger partial charge is 0.352 e. The van der Waals surface area contributed by atoms with Gasteiger partial charge in [-0.2, -0.15) is 0 Å². The van der Waals surface area contributed by atoms with Crippen molar-refractivity contribution in [3.8, 4) is 0 Å². The van der Waals surface area contributed by atoms with Crippen LogP contribution in [0.25, 0.3) is 0 Å². The van der Waals surface area contributed by atoms with Crippen LogP contribution in [0.4, 0.5) is 0 Å². The number of hydrogen-bond donors (Lipinski definition) is 1. The van der Waals surface area contributed by atoms with Gasteiger partial charge in [-0.1, -0.05) is 29.8 Å². The van der Waals surface area contributed by atoms with Crippen LogP contribution >= 0.6 is 15.9 Å². The van der Waals surface area contributed by atoms with Crippen LogP contribution in [-0.2, 0) is 15.6 Å². The quantitative estimate of drug-likeness (QED) is 0.773. The summed E-state index contributed by atoms with van der Waals surface area (Å²) in [5.74, 6) is 0.732. The molecule has 1 amide bonds. The molecule has 0 radical (unpaired) electrons. The van der Waals surface area contributed by atoms with Gasteiger partial charge in [-0.15, -0.1) is 0 Å². The van der Waals surface area contributed by atoms with E-state index in [-0.39, 0.29) is 22.7 Å². The van der Waals surface area contributed by atoms with Crippen molar-refractivity contribution in [3.63, 3.8) is 0 Å². The maximum Gasteiger partial charge on any atom is 0.234 e. The highest BCUT2D eigenvalue weighted by Crippen LogP contribution is 2.11. The van der Waals surface area contributed by atoms with Crippen LogP contribution in [-0.4, -0.2) is 33.0 Å². The maximum absolute atomic E-state index is 11.5. The summed E-state index contributed by atoms with van der Waals surface area (Å²) in [5.41, 5.74) is 0. The SMILES string of the molecule is CC(CS(C)=O)NC(=O)C(Br)C(C)C. The number of carbonyl (C=O) groups excluding carboxylic acids is 1. The van der Waals surface area contributed by atoms with Crippen LogP contribution < -0.4 is 5.32 Å². The minimum absolute atomic E-state index is 0.0297.